The van der Waals surface area contributed by atoms with Gasteiger partial charge in [0.25, 0.3) is 0 Å². The number of carbonyl (C=O) groups excluding carboxylic acids is 1. The van der Waals surface area contributed by atoms with Crippen molar-refractivity contribution in [3.8, 4) is 0 Å². The largest absolute Gasteiger partial charge is 0.494 e. The van der Waals surface area contributed by atoms with Gasteiger partial charge in [-0.3, -0.25) is 9.79 Å². The molecule has 1 amide bonds. The molecule has 2 aromatic rings. The Morgan fingerprint density at radius 3 is 2.48 bits per heavy atom. The molecule has 5 rings (SSSR count). The molecular weight excluding hydrogens is 365 g/mol. The highest BCUT2D eigenvalue weighted by Crippen LogP contribution is 2.38. The fourth-order valence-corrected chi connectivity index (χ4v) is 3.97. The molecular formula is C22H24BN3O3. The molecule has 29 heavy (non-hydrogen) atoms. The van der Waals surface area contributed by atoms with E-state index in [1.54, 1.807) is 0 Å². The van der Waals surface area contributed by atoms with Crippen molar-refractivity contribution in [2.75, 3.05) is 10.6 Å². The Kier molecular flexibility index (Phi) is 3.92. The third-order valence-electron chi connectivity index (χ3n) is 6.41. The second kappa shape index (κ2) is 6.18. The summed E-state index contributed by atoms with van der Waals surface area (Å²) in [6, 6.07) is 13.9. The molecule has 0 bridgehead atoms. The molecule has 0 saturated carbocycles. The Morgan fingerprint density at radius 1 is 1.00 bits per heavy atom. The number of anilines is 2. The van der Waals surface area contributed by atoms with Crippen LogP contribution in [0.15, 0.2) is 47.5 Å². The highest BCUT2D eigenvalue weighted by atomic mass is 16.7. The van der Waals surface area contributed by atoms with Crippen LogP contribution in [0.5, 0.6) is 0 Å². The molecule has 1 atom stereocenters. The van der Waals surface area contributed by atoms with Gasteiger partial charge in [-0.25, -0.2) is 0 Å². The number of hydrogen-bond acceptors (Lipinski definition) is 5. The van der Waals surface area contributed by atoms with Crippen LogP contribution in [0.3, 0.4) is 0 Å². The molecule has 0 aliphatic carbocycles. The average Bonchev–Trinajstić information content (AvgIpc) is 3.12. The minimum absolute atomic E-state index is 0.0725. The topological polar surface area (TPSA) is 72.0 Å². The predicted molar refractivity (Wildman–Crippen MR) is 115 cm³/mol. The Morgan fingerprint density at radius 2 is 1.72 bits per heavy atom. The van der Waals surface area contributed by atoms with E-state index < -0.39 is 24.2 Å². The molecule has 3 aliphatic rings. The van der Waals surface area contributed by atoms with Gasteiger partial charge in [0.15, 0.2) is 0 Å². The first-order chi connectivity index (χ1) is 13.7. The van der Waals surface area contributed by atoms with Crippen molar-refractivity contribution in [1.29, 1.82) is 0 Å². The molecule has 0 aromatic heterocycles. The number of nitrogens with zero attached hydrogens (tertiary/aromatic N) is 1. The van der Waals surface area contributed by atoms with E-state index in [0.717, 1.165) is 28.0 Å². The van der Waals surface area contributed by atoms with Crippen LogP contribution in [0, 0.1) is 0 Å². The second-order valence-corrected chi connectivity index (χ2v) is 8.84. The number of hydrogen-bond donors (Lipinski definition) is 2. The van der Waals surface area contributed by atoms with E-state index in [2.05, 4.69) is 15.6 Å². The van der Waals surface area contributed by atoms with Gasteiger partial charge in [0.1, 0.15) is 11.8 Å². The number of rotatable bonds is 2. The summed E-state index contributed by atoms with van der Waals surface area (Å²) >= 11 is 0. The number of benzene rings is 2. The van der Waals surface area contributed by atoms with Gasteiger partial charge in [-0.1, -0.05) is 30.3 Å². The summed E-state index contributed by atoms with van der Waals surface area (Å²) in [7, 11) is -0.469. The Balaban J connectivity index is 1.48. The third-order valence-corrected chi connectivity index (χ3v) is 6.41. The summed E-state index contributed by atoms with van der Waals surface area (Å²) < 4.78 is 12.4. The molecule has 3 heterocycles. The number of carbonyl (C=O) groups is 1. The third kappa shape index (κ3) is 2.88. The van der Waals surface area contributed by atoms with Gasteiger partial charge in [-0.15, -0.1) is 0 Å². The summed E-state index contributed by atoms with van der Waals surface area (Å²) in [5.41, 5.74) is 3.91. The predicted octanol–water partition coefficient (Wildman–Crippen LogP) is 3.05. The van der Waals surface area contributed by atoms with E-state index in [0.29, 0.717) is 12.4 Å². The highest BCUT2D eigenvalue weighted by molar-refractivity contribution is 6.62. The van der Waals surface area contributed by atoms with Crippen LogP contribution in [-0.2, 0) is 20.6 Å². The monoisotopic (exact) mass is 389 g/mol. The van der Waals surface area contributed by atoms with Crippen LogP contribution < -0.4 is 16.1 Å². The highest BCUT2D eigenvalue weighted by Gasteiger charge is 2.52. The zero-order valence-corrected chi connectivity index (χ0v) is 17.1. The number of para-hydroxylation sites is 1. The summed E-state index contributed by atoms with van der Waals surface area (Å²) in [6.07, 6.45) is 0. The molecule has 1 saturated heterocycles. The molecule has 148 valence electrons. The Hall–Kier alpha value is -2.64. The van der Waals surface area contributed by atoms with Crippen molar-refractivity contribution >= 4 is 35.7 Å². The SMILES string of the molecule is CC1(C)OB(c2ccc3c(c2)C(C2=NCc4ccccc4N2)C(=O)N3)OC1(C)C. The first kappa shape index (κ1) is 18.4. The molecule has 1 fully saturated rings. The van der Waals surface area contributed by atoms with E-state index in [4.69, 9.17) is 9.31 Å². The summed E-state index contributed by atoms with van der Waals surface area (Å²) in [6.45, 7) is 8.70. The molecule has 6 nitrogen and oxygen atoms in total. The van der Waals surface area contributed by atoms with Gasteiger partial charge in [-0.05, 0) is 56.4 Å². The lowest BCUT2D eigenvalue weighted by atomic mass is 9.77. The molecule has 0 spiro atoms. The number of aliphatic imine (C=N–C) groups is 1. The van der Waals surface area contributed by atoms with E-state index >= 15 is 0 Å². The van der Waals surface area contributed by atoms with Gasteiger partial charge < -0.3 is 19.9 Å². The minimum Gasteiger partial charge on any atom is -0.399 e. The number of amides is 1. The number of amidine groups is 1. The quantitative estimate of drug-likeness (QED) is 0.775. The van der Waals surface area contributed by atoms with Gasteiger partial charge in [0.05, 0.1) is 17.7 Å². The average molecular weight is 389 g/mol. The minimum atomic E-state index is -0.472. The van der Waals surface area contributed by atoms with E-state index in [-0.39, 0.29) is 5.91 Å². The zero-order valence-electron chi connectivity index (χ0n) is 17.1. The first-order valence-electron chi connectivity index (χ1n) is 9.95. The van der Waals surface area contributed by atoms with Crippen molar-refractivity contribution in [3.05, 3.63) is 53.6 Å². The standard InChI is InChI=1S/C22H24BN3O3/c1-21(2)22(3,4)29-23(28-21)14-9-10-17-15(11-14)18(20(27)26-17)19-24-12-13-7-5-6-8-16(13)25-19/h5-11,18H,12H2,1-4H3,(H,24,25)(H,26,27). The summed E-state index contributed by atoms with van der Waals surface area (Å²) in [5.74, 6) is 0.128. The molecule has 2 aromatic carbocycles. The molecule has 0 radical (unpaired) electrons. The van der Waals surface area contributed by atoms with Crippen LogP contribution in [0.25, 0.3) is 0 Å². The number of fused-ring (bicyclic) bond motifs is 2. The van der Waals surface area contributed by atoms with E-state index in [9.17, 15) is 4.79 Å². The van der Waals surface area contributed by atoms with Crippen molar-refractivity contribution < 1.29 is 14.1 Å². The van der Waals surface area contributed by atoms with Crippen molar-refractivity contribution in [3.63, 3.8) is 0 Å². The summed E-state index contributed by atoms with van der Waals surface area (Å²) in [4.78, 5) is 17.4. The van der Waals surface area contributed by atoms with Gasteiger partial charge in [0.2, 0.25) is 5.91 Å². The van der Waals surface area contributed by atoms with Crippen LogP contribution in [0.1, 0.15) is 44.7 Å². The maximum Gasteiger partial charge on any atom is 0.494 e. The lowest BCUT2D eigenvalue weighted by Gasteiger charge is -2.32. The molecule has 2 N–H and O–H groups in total. The molecule has 3 aliphatic heterocycles. The van der Waals surface area contributed by atoms with Crippen LogP contribution in [-0.4, -0.2) is 30.1 Å². The lowest BCUT2D eigenvalue weighted by molar-refractivity contribution is -0.115. The van der Waals surface area contributed by atoms with Gasteiger partial charge in [0, 0.05) is 11.4 Å². The zero-order chi connectivity index (χ0) is 20.4. The smallest absolute Gasteiger partial charge is 0.399 e. The maximum absolute atomic E-state index is 12.8. The van der Waals surface area contributed by atoms with E-state index in [1.165, 1.54) is 0 Å². The van der Waals surface area contributed by atoms with Crippen LogP contribution in [0.2, 0.25) is 0 Å². The van der Waals surface area contributed by atoms with Crippen molar-refractivity contribution in [1.82, 2.24) is 0 Å². The Bertz CT molecular complexity index is 1030. The second-order valence-electron chi connectivity index (χ2n) is 8.84. The molecule has 1 unspecified atom stereocenters. The maximum atomic E-state index is 12.8. The number of nitrogens with one attached hydrogen (secondary N) is 2. The first-order valence-corrected chi connectivity index (χ1v) is 9.95. The van der Waals surface area contributed by atoms with E-state index in [1.807, 2.05) is 70.2 Å². The van der Waals surface area contributed by atoms with Gasteiger partial charge >= 0.3 is 7.12 Å². The fraction of sp³-hybridized carbons (Fsp3) is 0.364. The van der Waals surface area contributed by atoms with Crippen LogP contribution in [0.4, 0.5) is 11.4 Å². The van der Waals surface area contributed by atoms with Crippen molar-refractivity contribution in [2.24, 2.45) is 4.99 Å². The Labute approximate surface area is 170 Å². The normalized spacial score (nSPS) is 23.7. The van der Waals surface area contributed by atoms with Crippen LogP contribution >= 0.6 is 0 Å². The van der Waals surface area contributed by atoms with Crippen molar-refractivity contribution in [2.45, 2.75) is 51.4 Å². The fourth-order valence-electron chi connectivity index (χ4n) is 3.97. The lowest BCUT2D eigenvalue weighted by Crippen LogP contribution is -2.41. The summed E-state index contributed by atoms with van der Waals surface area (Å²) in [5, 5.41) is 6.33. The molecule has 7 heteroatoms. The van der Waals surface area contributed by atoms with Gasteiger partial charge in [-0.2, -0.15) is 0 Å².